The second-order valence-corrected chi connectivity index (χ2v) is 4.03. The second kappa shape index (κ2) is 3.98. The van der Waals surface area contributed by atoms with Crippen LogP contribution in [0.4, 0.5) is 0 Å². The zero-order valence-corrected chi connectivity index (χ0v) is 9.30. The van der Waals surface area contributed by atoms with Gasteiger partial charge in [0, 0.05) is 23.7 Å². The number of hydrogen-bond acceptors (Lipinski definition) is 4. The first kappa shape index (κ1) is 9.97. The zero-order chi connectivity index (χ0) is 11.7. The smallest absolute Gasteiger partial charge is 0.128 e. The number of nitrogens with zero attached hydrogens (tertiary/aromatic N) is 5. The molecule has 2 aromatic rings. The van der Waals surface area contributed by atoms with Gasteiger partial charge < -0.3 is 0 Å². The van der Waals surface area contributed by atoms with E-state index in [-0.39, 0.29) is 0 Å². The molecular weight excluding hydrogens is 214 g/mol. The van der Waals surface area contributed by atoms with Crippen LogP contribution in [0.3, 0.4) is 0 Å². The fourth-order valence-corrected chi connectivity index (χ4v) is 2.33. The number of hydrogen-bond donors (Lipinski definition) is 0. The summed E-state index contributed by atoms with van der Waals surface area (Å²) in [5, 5.41) is 13.3. The third-order valence-electron chi connectivity index (χ3n) is 3.03. The average Bonchev–Trinajstić information content (AvgIpc) is 2.94. The Hall–Kier alpha value is -2.22. The van der Waals surface area contributed by atoms with E-state index < -0.39 is 0 Å². The van der Waals surface area contributed by atoms with E-state index in [4.69, 9.17) is 5.26 Å². The summed E-state index contributed by atoms with van der Waals surface area (Å²) in [5.41, 5.74) is 4.11. The van der Waals surface area contributed by atoms with Crippen molar-refractivity contribution in [1.82, 2.24) is 19.7 Å². The van der Waals surface area contributed by atoms with E-state index in [1.165, 1.54) is 11.3 Å². The molecule has 1 aliphatic rings. The molecule has 0 N–H and O–H groups in total. The molecule has 0 atom stereocenters. The highest BCUT2D eigenvalue weighted by Gasteiger charge is 2.23. The van der Waals surface area contributed by atoms with Gasteiger partial charge in [0.2, 0.25) is 0 Å². The number of aromatic nitrogens is 4. The average molecular weight is 225 g/mol. The van der Waals surface area contributed by atoms with Crippen LogP contribution in [-0.2, 0) is 19.4 Å². The molecule has 17 heavy (non-hydrogen) atoms. The Kier molecular flexibility index (Phi) is 2.33. The molecule has 5 heteroatoms. The van der Waals surface area contributed by atoms with Gasteiger partial charge in [0.15, 0.2) is 0 Å². The van der Waals surface area contributed by atoms with E-state index in [0.29, 0.717) is 6.54 Å². The normalized spacial score (nSPS) is 13.4. The molecule has 0 fully saturated rings. The predicted octanol–water partition coefficient (Wildman–Crippen LogP) is 1.35. The molecule has 0 spiro atoms. The van der Waals surface area contributed by atoms with Gasteiger partial charge in [-0.2, -0.15) is 10.4 Å². The SMILES string of the molecule is N#CCn1nc(-c2cnccn2)c2c1CCC2. The molecule has 84 valence electrons. The first-order valence-corrected chi connectivity index (χ1v) is 5.62. The Morgan fingerprint density at radius 2 is 2.29 bits per heavy atom. The lowest BCUT2D eigenvalue weighted by Crippen LogP contribution is -2.02. The van der Waals surface area contributed by atoms with Gasteiger partial charge in [-0.3, -0.25) is 14.6 Å². The summed E-state index contributed by atoms with van der Waals surface area (Å²) < 4.78 is 1.80. The molecule has 1 aliphatic carbocycles. The summed E-state index contributed by atoms with van der Waals surface area (Å²) in [4.78, 5) is 8.34. The minimum Gasteiger partial charge on any atom is -0.261 e. The number of rotatable bonds is 2. The predicted molar refractivity (Wildman–Crippen MR) is 60.9 cm³/mol. The maximum atomic E-state index is 8.79. The molecule has 0 amide bonds. The molecule has 0 aliphatic heterocycles. The molecule has 0 saturated carbocycles. The molecule has 0 saturated heterocycles. The quantitative estimate of drug-likeness (QED) is 0.773. The molecule has 5 nitrogen and oxygen atoms in total. The largest absolute Gasteiger partial charge is 0.261 e. The third-order valence-corrected chi connectivity index (χ3v) is 3.03. The van der Waals surface area contributed by atoms with Gasteiger partial charge in [-0.1, -0.05) is 0 Å². The lowest BCUT2D eigenvalue weighted by molar-refractivity contribution is 0.664. The highest BCUT2D eigenvalue weighted by molar-refractivity contribution is 5.60. The molecule has 3 rings (SSSR count). The van der Waals surface area contributed by atoms with Gasteiger partial charge in [0.05, 0.1) is 12.3 Å². The van der Waals surface area contributed by atoms with Crippen molar-refractivity contribution in [3.05, 3.63) is 29.8 Å². The standard InChI is InChI=1S/C12H11N5/c13-4-7-17-11-3-1-2-9(11)12(16-17)10-8-14-5-6-15-10/h5-6,8H,1-3,7H2. The van der Waals surface area contributed by atoms with Crippen LogP contribution < -0.4 is 0 Å². The summed E-state index contributed by atoms with van der Waals surface area (Å²) in [5.74, 6) is 0. The lowest BCUT2D eigenvalue weighted by Gasteiger charge is -1.98. The van der Waals surface area contributed by atoms with Crippen LogP contribution in [0.2, 0.25) is 0 Å². The molecule has 0 radical (unpaired) electrons. The fourth-order valence-electron chi connectivity index (χ4n) is 2.33. The highest BCUT2D eigenvalue weighted by atomic mass is 15.3. The van der Waals surface area contributed by atoms with Crippen LogP contribution in [0.5, 0.6) is 0 Å². The van der Waals surface area contributed by atoms with E-state index >= 15 is 0 Å². The van der Waals surface area contributed by atoms with Gasteiger partial charge in [-0.25, -0.2) is 0 Å². The van der Waals surface area contributed by atoms with Crippen LogP contribution in [0.1, 0.15) is 17.7 Å². The molecular formula is C12H11N5. The zero-order valence-electron chi connectivity index (χ0n) is 9.30. The molecule has 2 aromatic heterocycles. The molecule has 0 bridgehead atoms. The first-order valence-electron chi connectivity index (χ1n) is 5.62. The third kappa shape index (κ3) is 1.58. The van der Waals surface area contributed by atoms with Gasteiger partial charge in [0.1, 0.15) is 17.9 Å². The van der Waals surface area contributed by atoms with Crippen LogP contribution in [0, 0.1) is 11.3 Å². The van der Waals surface area contributed by atoms with Crippen molar-refractivity contribution >= 4 is 0 Å². The van der Waals surface area contributed by atoms with E-state index in [1.54, 1.807) is 23.3 Å². The second-order valence-electron chi connectivity index (χ2n) is 4.03. The summed E-state index contributed by atoms with van der Waals surface area (Å²) in [7, 11) is 0. The highest BCUT2D eigenvalue weighted by Crippen LogP contribution is 2.30. The van der Waals surface area contributed by atoms with Crippen molar-refractivity contribution in [2.45, 2.75) is 25.8 Å². The monoisotopic (exact) mass is 225 g/mol. The van der Waals surface area contributed by atoms with E-state index in [0.717, 1.165) is 30.7 Å². The number of nitriles is 1. The van der Waals surface area contributed by atoms with Crippen LogP contribution >= 0.6 is 0 Å². The summed E-state index contributed by atoms with van der Waals surface area (Å²) in [6.07, 6.45) is 8.19. The maximum Gasteiger partial charge on any atom is 0.128 e. The van der Waals surface area contributed by atoms with Crippen molar-refractivity contribution in [1.29, 1.82) is 5.26 Å². The van der Waals surface area contributed by atoms with Crippen molar-refractivity contribution < 1.29 is 0 Å². The Morgan fingerprint density at radius 3 is 3.06 bits per heavy atom. The van der Waals surface area contributed by atoms with Gasteiger partial charge in [0.25, 0.3) is 0 Å². The van der Waals surface area contributed by atoms with Gasteiger partial charge >= 0.3 is 0 Å². The van der Waals surface area contributed by atoms with Crippen molar-refractivity contribution in [2.75, 3.05) is 0 Å². The van der Waals surface area contributed by atoms with Crippen molar-refractivity contribution in [2.24, 2.45) is 0 Å². The Labute approximate surface area is 98.7 Å². The van der Waals surface area contributed by atoms with E-state index in [1.807, 2.05) is 0 Å². The summed E-state index contributed by atoms with van der Waals surface area (Å²) in [6.45, 7) is 0.308. The van der Waals surface area contributed by atoms with Gasteiger partial charge in [-0.05, 0) is 19.3 Å². The molecule has 0 aromatic carbocycles. The van der Waals surface area contributed by atoms with Crippen molar-refractivity contribution in [3.8, 4) is 17.5 Å². The van der Waals surface area contributed by atoms with Crippen molar-refractivity contribution in [3.63, 3.8) is 0 Å². The first-order chi connectivity index (χ1) is 8.40. The van der Waals surface area contributed by atoms with E-state index in [2.05, 4.69) is 21.1 Å². The van der Waals surface area contributed by atoms with Gasteiger partial charge in [-0.15, -0.1) is 0 Å². The van der Waals surface area contributed by atoms with Crippen LogP contribution in [0.15, 0.2) is 18.6 Å². The molecule has 2 heterocycles. The minimum absolute atomic E-state index is 0.308. The Bertz CT molecular complexity index is 579. The van der Waals surface area contributed by atoms with Crippen LogP contribution in [0.25, 0.3) is 11.4 Å². The molecule has 0 unspecified atom stereocenters. The van der Waals surface area contributed by atoms with E-state index in [9.17, 15) is 0 Å². The Balaban J connectivity index is 2.13. The fraction of sp³-hybridized carbons (Fsp3) is 0.333. The lowest BCUT2D eigenvalue weighted by atomic mass is 10.1. The summed E-state index contributed by atoms with van der Waals surface area (Å²) in [6, 6.07) is 2.14. The Morgan fingerprint density at radius 1 is 1.35 bits per heavy atom. The maximum absolute atomic E-state index is 8.79. The van der Waals surface area contributed by atoms with Crippen LogP contribution in [-0.4, -0.2) is 19.7 Å². The summed E-state index contributed by atoms with van der Waals surface area (Å²) >= 11 is 0. The topological polar surface area (TPSA) is 67.4 Å². The number of fused-ring (bicyclic) bond motifs is 1. The minimum atomic E-state index is 0.308.